The molecule has 0 spiro atoms. The molecule has 2 aromatic rings. The molecule has 0 bridgehead atoms. The number of hydrogen-bond donors (Lipinski definition) is 1. The van der Waals surface area contributed by atoms with Crippen LogP contribution in [0.4, 0.5) is 4.39 Å². The minimum atomic E-state index is -0.233. The van der Waals surface area contributed by atoms with Crippen molar-refractivity contribution in [1.29, 1.82) is 0 Å². The summed E-state index contributed by atoms with van der Waals surface area (Å²) in [5.41, 5.74) is 3.07. The number of nitrogens with zero attached hydrogens (tertiary/aromatic N) is 1. The van der Waals surface area contributed by atoms with Crippen molar-refractivity contribution in [2.24, 2.45) is 5.41 Å². The van der Waals surface area contributed by atoms with E-state index in [9.17, 15) is 9.50 Å². The van der Waals surface area contributed by atoms with Gasteiger partial charge in [-0.1, -0.05) is 30.3 Å². The van der Waals surface area contributed by atoms with Gasteiger partial charge in [-0.15, -0.1) is 0 Å². The van der Waals surface area contributed by atoms with Crippen molar-refractivity contribution < 1.29 is 14.2 Å². The predicted octanol–water partition coefficient (Wildman–Crippen LogP) is 3.96. The molecule has 4 heteroatoms. The zero-order valence-corrected chi connectivity index (χ0v) is 15.7. The first-order chi connectivity index (χ1) is 12.5. The molecule has 140 valence electrons. The van der Waals surface area contributed by atoms with Crippen LogP contribution in [0.5, 0.6) is 5.75 Å². The molecule has 0 aliphatic carbocycles. The molecule has 26 heavy (non-hydrogen) atoms. The monoisotopic (exact) mass is 357 g/mol. The van der Waals surface area contributed by atoms with Gasteiger partial charge in [-0.2, -0.15) is 0 Å². The standard InChI is InChI=1S/C22H28FNO2/c1-17-6-3-4-7-18(17)13-22(16-25)10-5-11-24(15-22)14-19-8-9-20(26-2)12-21(19)23/h3-4,6-9,12,25H,5,10-11,13-16H2,1-2H3/t22-/m1/s1. The van der Waals surface area contributed by atoms with E-state index in [2.05, 4.69) is 30.0 Å². The first-order valence-electron chi connectivity index (χ1n) is 9.25. The first-order valence-corrected chi connectivity index (χ1v) is 9.25. The van der Waals surface area contributed by atoms with Crippen LogP contribution in [0.25, 0.3) is 0 Å². The normalized spacial score (nSPS) is 20.9. The van der Waals surface area contributed by atoms with Crippen LogP contribution in [0.3, 0.4) is 0 Å². The molecule has 3 nitrogen and oxygen atoms in total. The SMILES string of the molecule is COc1ccc(CN2CCC[C@@](CO)(Cc3ccccc3C)C2)c(F)c1. The number of aryl methyl sites for hydroxylation is 1. The van der Waals surface area contributed by atoms with Crippen molar-refractivity contribution in [2.45, 2.75) is 32.7 Å². The van der Waals surface area contributed by atoms with Gasteiger partial charge < -0.3 is 9.84 Å². The van der Waals surface area contributed by atoms with Gasteiger partial charge in [0.1, 0.15) is 11.6 Å². The summed E-state index contributed by atoms with van der Waals surface area (Å²) in [7, 11) is 1.54. The van der Waals surface area contributed by atoms with E-state index in [1.807, 2.05) is 6.07 Å². The molecule has 1 heterocycles. The minimum Gasteiger partial charge on any atom is -0.497 e. The van der Waals surface area contributed by atoms with Gasteiger partial charge in [-0.3, -0.25) is 4.90 Å². The Hall–Kier alpha value is -1.91. The Bertz CT molecular complexity index is 749. The zero-order chi connectivity index (χ0) is 18.6. The van der Waals surface area contributed by atoms with Crippen molar-refractivity contribution >= 4 is 0 Å². The minimum absolute atomic E-state index is 0.156. The lowest BCUT2D eigenvalue weighted by Crippen LogP contribution is -2.46. The van der Waals surface area contributed by atoms with Crippen molar-refractivity contribution in [2.75, 3.05) is 26.8 Å². The van der Waals surface area contributed by atoms with E-state index in [1.54, 1.807) is 19.2 Å². The van der Waals surface area contributed by atoms with E-state index in [1.165, 1.54) is 17.2 Å². The van der Waals surface area contributed by atoms with E-state index in [4.69, 9.17) is 4.74 Å². The average molecular weight is 357 g/mol. The molecule has 1 N–H and O–H groups in total. The van der Waals surface area contributed by atoms with E-state index in [0.717, 1.165) is 32.4 Å². The number of hydrogen-bond acceptors (Lipinski definition) is 3. The van der Waals surface area contributed by atoms with Crippen LogP contribution >= 0.6 is 0 Å². The number of rotatable bonds is 6. The molecular formula is C22H28FNO2. The van der Waals surface area contributed by atoms with Gasteiger partial charge in [0.05, 0.1) is 13.7 Å². The van der Waals surface area contributed by atoms with Gasteiger partial charge in [-0.05, 0) is 49.9 Å². The predicted molar refractivity (Wildman–Crippen MR) is 102 cm³/mol. The van der Waals surface area contributed by atoms with Crippen molar-refractivity contribution in [3.63, 3.8) is 0 Å². The van der Waals surface area contributed by atoms with Crippen LogP contribution in [-0.4, -0.2) is 36.8 Å². The molecule has 2 aromatic carbocycles. The molecule has 0 radical (unpaired) electrons. The fourth-order valence-corrected chi connectivity index (χ4v) is 4.01. The highest BCUT2D eigenvalue weighted by molar-refractivity contribution is 5.29. The Kier molecular flexibility index (Phi) is 5.94. The number of halogens is 1. The lowest BCUT2D eigenvalue weighted by Gasteiger charge is -2.42. The third-order valence-corrected chi connectivity index (χ3v) is 5.56. The van der Waals surface area contributed by atoms with E-state index < -0.39 is 0 Å². The Morgan fingerprint density at radius 3 is 2.69 bits per heavy atom. The largest absolute Gasteiger partial charge is 0.497 e. The quantitative estimate of drug-likeness (QED) is 0.849. The molecule has 1 atom stereocenters. The maximum atomic E-state index is 14.3. The Morgan fingerprint density at radius 1 is 1.19 bits per heavy atom. The number of aliphatic hydroxyl groups is 1. The topological polar surface area (TPSA) is 32.7 Å². The molecule has 0 unspecified atom stereocenters. The fourth-order valence-electron chi connectivity index (χ4n) is 4.01. The van der Waals surface area contributed by atoms with Crippen LogP contribution in [0.15, 0.2) is 42.5 Å². The summed E-state index contributed by atoms with van der Waals surface area (Å²) in [6.07, 6.45) is 2.88. The van der Waals surface area contributed by atoms with Gasteiger partial charge in [0, 0.05) is 30.1 Å². The number of ether oxygens (including phenoxy) is 1. The van der Waals surface area contributed by atoms with Crippen LogP contribution in [0.1, 0.15) is 29.5 Å². The van der Waals surface area contributed by atoms with Gasteiger partial charge in [0.15, 0.2) is 0 Å². The second-order valence-electron chi connectivity index (χ2n) is 7.53. The zero-order valence-electron chi connectivity index (χ0n) is 15.7. The highest BCUT2D eigenvalue weighted by Crippen LogP contribution is 2.35. The van der Waals surface area contributed by atoms with Crippen molar-refractivity contribution in [3.8, 4) is 5.75 Å². The van der Waals surface area contributed by atoms with Crippen LogP contribution in [-0.2, 0) is 13.0 Å². The highest BCUT2D eigenvalue weighted by atomic mass is 19.1. The molecule has 0 saturated carbocycles. The molecule has 1 aliphatic rings. The summed E-state index contributed by atoms with van der Waals surface area (Å²) in [6.45, 7) is 4.55. The lowest BCUT2D eigenvalue weighted by atomic mass is 9.75. The maximum absolute atomic E-state index is 14.3. The molecule has 0 aromatic heterocycles. The molecule has 1 aliphatic heterocycles. The number of likely N-dealkylation sites (tertiary alicyclic amines) is 1. The molecule has 1 fully saturated rings. The number of benzene rings is 2. The van der Waals surface area contributed by atoms with Gasteiger partial charge in [0.2, 0.25) is 0 Å². The smallest absolute Gasteiger partial charge is 0.131 e. The van der Waals surface area contributed by atoms with Crippen molar-refractivity contribution in [3.05, 3.63) is 65.0 Å². The molecular weight excluding hydrogens is 329 g/mol. The number of aliphatic hydroxyl groups excluding tert-OH is 1. The number of methoxy groups -OCH3 is 1. The molecule has 1 saturated heterocycles. The number of piperidine rings is 1. The van der Waals surface area contributed by atoms with Crippen molar-refractivity contribution in [1.82, 2.24) is 4.90 Å². The Labute approximate surface area is 155 Å². The summed E-state index contributed by atoms with van der Waals surface area (Å²) in [5, 5.41) is 10.2. The average Bonchev–Trinajstić information content (AvgIpc) is 2.65. The summed E-state index contributed by atoms with van der Waals surface area (Å²) in [6, 6.07) is 13.4. The second kappa shape index (κ2) is 8.19. The van der Waals surface area contributed by atoms with Crippen LogP contribution < -0.4 is 4.74 Å². The van der Waals surface area contributed by atoms with Gasteiger partial charge in [-0.25, -0.2) is 4.39 Å². The van der Waals surface area contributed by atoms with E-state index in [-0.39, 0.29) is 17.8 Å². The Balaban J connectivity index is 1.74. The molecule has 0 amide bonds. The van der Waals surface area contributed by atoms with Crippen LogP contribution in [0, 0.1) is 18.2 Å². The van der Waals surface area contributed by atoms with E-state index in [0.29, 0.717) is 17.9 Å². The maximum Gasteiger partial charge on any atom is 0.131 e. The van der Waals surface area contributed by atoms with Gasteiger partial charge in [0.25, 0.3) is 0 Å². The highest BCUT2D eigenvalue weighted by Gasteiger charge is 2.35. The van der Waals surface area contributed by atoms with E-state index >= 15 is 0 Å². The fraction of sp³-hybridized carbons (Fsp3) is 0.455. The second-order valence-corrected chi connectivity index (χ2v) is 7.53. The summed E-state index contributed by atoms with van der Waals surface area (Å²) < 4.78 is 19.4. The Morgan fingerprint density at radius 2 is 2.00 bits per heavy atom. The summed E-state index contributed by atoms with van der Waals surface area (Å²) in [4.78, 5) is 2.27. The van der Waals surface area contributed by atoms with Crippen LogP contribution in [0.2, 0.25) is 0 Å². The third-order valence-electron chi connectivity index (χ3n) is 5.56. The summed E-state index contributed by atoms with van der Waals surface area (Å²) >= 11 is 0. The molecule has 3 rings (SSSR count). The first kappa shape index (κ1) is 18.9. The summed E-state index contributed by atoms with van der Waals surface area (Å²) in [5.74, 6) is 0.303. The van der Waals surface area contributed by atoms with Gasteiger partial charge >= 0.3 is 0 Å². The lowest BCUT2D eigenvalue weighted by molar-refractivity contribution is 0.0283. The third kappa shape index (κ3) is 4.25.